The lowest BCUT2D eigenvalue weighted by atomic mass is 9.78. The number of carbonyl (C=O) groups is 2. The van der Waals surface area contributed by atoms with Gasteiger partial charge in [0, 0.05) is 45.5 Å². The van der Waals surface area contributed by atoms with Gasteiger partial charge in [-0.3, -0.25) is 14.5 Å². The molecule has 8 nitrogen and oxygen atoms in total. The number of fused-ring (bicyclic) bond motifs is 1. The molecule has 1 heterocycles. The molecule has 2 N–H and O–H groups in total. The van der Waals surface area contributed by atoms with Crippen molar-refractivity contribution in [3.63, 3.8) is 0 Å². The first-order valence-corrected chi connectivity index (χ1v) is 11.5. The number of benzene rings is 1. The highest BCUT2D eigenvalue weighted by Crippen LogP contribution is 2.43. The molecule has 1 aromatic rings. The highest BCUT2D eigenvalue weighted by atomic mass is 32.2. The summed E-state index contributed by atoms with van der Waals surface area (Å²) in [4.78, 5) is 22.5. The fraction of sp³-hybridized carbons (Fsp3) is 0.600. The summed E-state index contributed by atoms with van der Waals surface area (Å²) < 4.78 is 29.2. The van der Waals surface area contributed by atoms with Gasteiger partial charge in [0.2, 0.25) is 5.91 Å². The van der Waals surface area contributed by atoms with Crippen LogP contribution in [0, 0.1) is 0 Å². The van der Waals surface area contributed by atoms with Crippen LogP contribution in [0.5, 0.6) is 0 Å². The summed E-state index contributed by atoms with van der Waals surface area (Å²) in [5, 5.41) is 9.95. The highest BCUT2D eigenvalue weighted by molar-refractivity contribution is 7.90. The van der Waals surface area contributed by atoms with E-state index in [9.17, 15) is 13.2 Å². The van der Waals surface area contributed by atoms with Crippen LogP contribution < -0.4 is 5.32 Å². The number of methoxy groups -OCH3 is 1. The topological polar surface area (TPSA) is 113 Å². The summed E-state index contributed by atoms with van der Waals surface area (Å²) in [5.41, 5.74) is 0.952. The zero-order valence-corrected chi connectivity index (χ0v) is 17.9. The molecule has 0 unspecified atom stereocenters. The number of sulfone groups is 1. The molecule has 0 bridgehead atoms. The monoisotopic (exact) mass is 426 g/mol. The number of nitrogens with one attached hydrogen (secondary N) is 1. The van der Waals surface area contributed by atoms with Crippen molar-refractivity contribution in [2.45, 2.75) is 61.7 Å². The van der Waals surface area contributed by atoms with Crippen molar-refractivity contribution in [3.8, 4) is 0 Å². The van der Waals surface area contributed by atoms with Gasteiger partial charge in [-0.05, 0) is 43.4 Å². The molecule has 1 saturated heterocycles. The van der Waals surface area contributed by atoms with Crippen molar-refractivity contribution in [2.75, 3.05) is 19.9 Å². The highest BCUT2D eigenvalue weighted by Gasteiger charge is 2.50. The van der Waals surface area contributed by atoms with Crippen LogP contribution in [-0.2, 0) is 30.7 Å². The predicted octanol–water partition coefficient (Wildman–Crippen LogP) is 1.44. The Morgan fingerprint density at radius 2 is 1.97 bits per heavy atom. The van der Waals surface area contributed by atoms with E-state index >= 15 is 0 Å². The number of hydrogen-bond donors (Lipinski definition) is 2. The number of carboxylic acid groups (broad SMARTS) is 1. The molecular weight excluding hydrogens is 396 g/mol. The SMILES string of the molecule is CO[C@@]12CC[C@@H](NC(C)=O)C[C@@H]1N(Cc1ccc(S(C)(=O)=O)cc1)CC2.O=CO. The van der Waals surface area contributed by atoms with Crippen LogP contribution >= 0.6 is 0 Å². The summed E-state index contributed by atoms with van der Waals surface area (Å²) in [6.07, 6.45) is 4.99. The second kappa shape index (κ2) is 9.69. The Balaban J connectivity index is 0.000000941. The van der Waals surface area contributed by atoms with E-state index in [-0.39, 0.29) is 30.1 Å². The lowest BCUT2D eigenvalue weighted by Crippen LogP contribution is -2.54. The predicted molar refractivity (Wildman–Crippen MR) is 108 cm³/mol. The quantitative estimate of drug-likeness (QED) is 0.685. The number of hydrogen-bond acceptors (Lipinski definition) is 6. The molecule has 9 heteroatoms. The van der Waals surface area contributed by atoms with Gasteiger partial charge in [-0.2, -0.15) is 0 Å². The third kappa shape index (κ3) is 5.77. The third-order valence-corrected chi connectivity index (χ3v) is 6.97. The van der Waals surface area contributed by atoms with Gasteiger partial charge in [-0.25, -0.2) is 8.42 Å². The van der Waals surface area contributed by atoms with Gasteiger partial charge >= 0.3 is 0 Å². The molecule has 29 heavy (non-hydrogen) atoms. The molecule has 3 atom stereocenters. The van der Waals surface area contributed by atoms with Gasteiger partial charge in [0.1, 0.15) is 0 Å². The summed E-state index contributed by atoms with van der Waals surface area (Å²) in [6, 6.07) is 7.56. The van der Waals surface area contributed by atoms with Gasteiger partial charge in [0.05, 0.1) is 10.5 Å². The second-order valence-corrected chi connectivity index (χ2v) is 9.71. The molecule has 0 aromatic heterocycles. The first kappa shape index (κ1) is 23.3. The Morgan fingerprint density at radius 3 is 2.48 bits per heavy atom. The van der Waals surface area contributed by atoms with E-state index in [1.165, 1.54) is 6.26 Å². The van der Waals surface area contributed by atoms with Crippen molar-refractivity contribution in [3.05, 3.63) is 29.8 Å². The van der Waals surface area contributed by atoms with E-state index in [0.717, 1.165) is 44.3 Å². The van der Waals surface area contributed by atoms with E-state index in [1.807, 2.05) is 12.1 Å². The maximum absolute atomic E-state index is 11.6. The van der Waals surface area contributed by atoms with Crippen LogP contribution in [0.3, 0.4) is 0 Å². The number of carbonyl (C=O) groups excluding carboxylic acids is 1. The maximum Gasteiger partial charge on any atom is 0.290 e. The van der Waals surface area contributed by atoms with E-state index in [0.29, 0.717) is 4.90 Å². The largest absolute Gasteiger partial charge is 0.483 e. The number of amides is 1. The van der Waals surface area contributed by atoms with Gasteiger partial charge < -0.3 is 15.2 Å². The van der Waals surface area contributed by atoms with Crippen LogP contribution in [0.15, 0.2) is 29.2 Å². The van der Waals surface area contributed by atoms with Crippen LogP contribution in [0.4, 0.5) is 0 Å². The summed E-state index contributed by atoms with van der Waals surface area (Å²) in [5.74, 6) is 0.0147. The average molecular weight is 427 g/mol. The van der Waals surface area contributed by atoms with Gasteiger partial charge in [0.15, 0.2) is 9.84 Å². The lowest BCUT2D eigenvalue weighted by molar-refractivity contribution is -0.123. The molecule has 2 fully saturated rings. The first-order valence-electron chi connectivity index (χ1n) is 9.58. The molecule has 162 valence electrons. The molecule has 1 amide bonds. The van der Waals surface area contributed by atoms with Crippen molar-refractivity contribution in [1.29, 1.82) is 0 Å². The zero-order chi connectivity index (χ0) is 21.7. The molecule has 0 spiro atoms. The van der Waals surface area contributed by atoms with Crippen LogP contribution in [0.25, 0.3) is 0 Å². The van der Waals surface area contributed by atoms with Crippen molar-refractivity contribution < 1.29 is 27.9 Å². The molecule has 2 aliphatic rings. The maximum atomic E-state index is 11.6. The number of rotatable bonds is 5. The molecule has 3 rings (SSSR count). The van der Waals surface area contributed by atoms with E-state index in [4.69, 9.17) is 14.6 Å². The molecule has 0 radical (unpaired) electrons. The van der Waals surface area contributed by atoms with Crippen LogP contribution in [-0.4, -0.2) is 68.4 Å². The number of likely N-dealkylation sites (tertiary alicyclic amines) is 1. The fourth-order valence-electron chi connectivity index (χ4n) is 4.47. The zero-order valence-electron chi connectivity index (χ0n) is 17.1. The van der Waals surface area contributed by atoms with E-state index in [2.05, 4.69) is 10.2 Å². The van der Waals surface area contributed by atoms with Crippen molar-refractivity contribution >= 4 is 22.2 Å². The van der Waals surface area contributed by atoms with Crippen molar-refractivity contribution in [1.82, 2.24) is 10.2 Å². The molecule has 1 aliphatic heterocycles. The minimum Gasteiger partial charge on any atom is -0.483 e. The molecular formula is C20H30N2O6S. The van der Waals surface area contributed by atoms with E-state index < -0.39 is 9.84 Å². The van der Waals surface area contributed by atoms with Gasteiger partial charge in [-0.15, -0.1) is 0 Å². The average Bonchev–Trinajstić information content (AvgIpc) is 3.00. The first-order chi connectivity index (χ1) is 13.6. The Morgan fingerprint density at radius 1 is 1.34 bits per heavy atom. The molecule has 1 saturated carbocycles. The summed E-state index contributed by atoms with van der Waals surface area (Å²) in [6.45, 7) is 3.01. The molecule has 1 aromatic carbocycles. The molecule has 1 aliphatic carbocycles. The number of ether oxygens (including phenoxy) is 1. The lowest BCUT2D eigenvalue weighted by Gasteiger charge is -2.44. The Bertz CT molecular complexity index is 811. The van der Waals surface area contributed by atoms with E-state index in [1.54, 1.807) is 26.2 Å². The van der Waals surface area contributed by atoms with Crippen molar-refractivity contribution in [2.24, 2.45) is 0 Å². The minimum atomic E-state index is -3.17. The smallest absolute Gasteiger partial charge is 0.290 e. The van der Waals surface area contributed by atoms with Gasteiger partial charge in [-0.1, -0.05) is 12.1 Å². The number of nitrogens with zero attached hydrogens (tertiary/aromatic N) is 1. The normalized spacial score (nSPS) is 26.7. The summed E-state index contributed by atoms with van der Waals surface area (Å²) in [7, 11) is -1.38. The van der Waals surface area contributed by atoms with Crippen LogP contribution in [0.2, 0.25) is 0 Å². The van der Waals surface area contributed by atoms with Crippen LogP contribution in [0.1, 0.15) is 38.2 Å². The minimum absolute atomic E-state index is 0.0147. The fourth-order valence-corrected chi connectivity index (χ4v) is 5.10. The Kier molecular flexibility index (Phi) is 7.79. The van der Waals surface area contributed by atoms with Gasteiger partial charge in [0.25, 0.3) is 6.47 Å². The summed E-state index contributed by atoms with van der Waals surface area (Å²) >= 11 is 0. The Hall–Kier alpha value is -1.97. The standard InChI is InChI=1S/C19H28N2O4S.CH2O2/c1-14(22)20-16-8-9-19(25-2)10-11-21(18(19)12-16)13-15-4-6-17(7-5-15)26(3,23)24;2-1-3/h4-7,16,18H,8-13H2,1-3H3,(H,20,22);1H,(H,2,3)/t16-,18+,19-;/m1./s1. The Labute approximate surface area is 172 Å². The third-order valence-electron chi connectivity index (χ3n) is 5.85. The second-order valence-electron chi connectivity index (χ2n) is 7.70.